The second-order valence-corrected chi connectivity index (χ2v) is 6.15. The molecule has 0 aliphatic heterocycles. The van der Waals surface area contributed by atoms with E-state index in [4.69, 9.17) is 9.47 Å². The zero-order chi connectivity index (χ0) is 19.6. The van der Waals surface area contributed by atoms with Crippen LogP contribution in [-0.4, -0.2) is 26.3 Å². The second kappa shape index (κ2) is 10.0. The largest absolute Gasteiger partial charge is 0.493 e. The highest BCUT2D eigenvalue weighted by molar-refractivity contribution is 5.75. The first-order valence-corrected chi connectivity index (χ1v) is 9.18. The van der Waals surface area contributed by atoms with Gasteiger partial charge in [0.15, 0.2) is 11.5 Å². The van der Waals surface area contributed by atoms with Gasteiger partial charge in [0.2, 0.25) is 0 Å². The third-order valence-electron chi connectivity index (χ3n) is 4.26. The molecule has 0 unspecified atom stereocenters. The summed E-state index contributed by atoms with van der Waals surface area (Å²) in [5.41, 5.74) is 2.04. The maximum atomic E-state index is 12.4. The van der Waals surface area contributed by atoms with Crippen molar-refractivity contribution in [1.29, 1.82) is 0 Å². The lowest BCUT2D eigenvalue weighted by Gasteiger charge is -2.20. The van der Waals surface area contributed by atoms with Crippen molar-refractivity contribution in [3.63, 3.8) is 0 Å². The van der Waals surface area contributed by atoms with Crippen molar-refractivity contribution in [2.75, 3.05) is 20.3 Å². The van der Waals surface area contributed by atoms with Crippen LogP contribution < -0.4 is 20.1 Å². The molecule has 2 N–H and O–H groups in total. The average molecular weight is 376 g/mol. The Balaban J connectivity index is 1.56. The quantitative estimate of drug-likeness (QED) is 0.580. The molecule has 144 valence electrons. The topological polar surface area (TPSA) is 59.6 Å². The lowest BCUT2D eigenvalue weighted by atomic mass is 9.99. The van der Waals surface area contributed by atoms with Crippen molar-refractivity contribution in [2.24, 2.45) is 0 Å². The Labute approximate surface area is 165 Å². The fraction of sp³-hybridized carbons (Fsp3) is 0.174. The first-order valence-electron chi connectivity index (χ1n) is 9.18. The molecule has 3 rings (SSSR count). The van der Waals surface area contributed by atoms with E-state index >= 15 is 0 Å². The smallest absolute Gasteiger partial charge is 0.315 e. The Morgan fingerprint density at radius 3 is 1.93 bits per heavy atom. The Hall–Kier alpha value is -3.47. The van der Waals surface area contributed by atoms with Crippen LogP contribution in [0.4, 0.5) is 4.79 Å². The number of benzene rings is 3. The number of urea groups is 1. The van der Waals surface area contributed by atoms with Crippen LogP contribution in [-0.2, 0) is 0 Å². The van der Waals surface area contributed by atoms with Crippen LogP contribution >= 0.6 is 0 Å². The third-order valence-corrected chi connectivity index (χ3v) is 4.26. The van der Waals surface area contributed by atoms with Gasteiger partial charge in [-0.1, -0.05) is 72.8 Å². The SMILES string of the molecule is COc1ccccc1OCCNC(=O)NC(c1ccccc1)c1ccccc1. The summed E-state index contributed by atoms with van der Waals surface area (Å²) < 4.78 is 10.9. The second-order valence-electron chi connectivity index (χ2n) is 6.15. The maximum absolute atomic E-state index is 12.4. The number of carbonyl (C=O) groups excluding carboxylic acids is 1. The summed E-state index contributed by atoms with van der Waals surface area (Å²) in [5.74, 6) is 1.32. The van der Waals surface area contributed by atoms with E-state index in [1.165, 1.54) is 0 Å². The number of para-hydroxylation sites is 2. The summed E-state index contributed by atoms with van der Waals surface area (Å²) in [7, 11) is 1.60. The van der Waals surface area contributed by atoms with Crippen molar-refractivity contribution < 1.29 is 14.3 Å². The van der Waals surface area contributed by atoms with Gasteiger partial charge in [-0.2, -0.15) is 0 Å². The highest BCUT2D eigenvalue weighted by atomic mass is 16.5. The van der Waals surface area contributed by atoms with Gasteiger partial charge < -0.3 is 20.1 Å². The van der Waals surface area contributed by atoms with Gasteiger partial charge in [-0.05, 0) is 23.3 Å². The number of carbonyl (C=O) groups is 1. The molecule has 0 spiro atoms. The van der Waals surface area contributed by atoms with E-state index in [1.807, 2.05) is 84.9 Å². The average Bonchev–Trinajstić information content (AvgIpc) is 2.76. The van der Waals surface area contributed by atoms with Gasteiger partial charge in [-0.3, -0.25) is 0 Å². The lowest BCUT2D eigenvalue weighted by Crippen LogP contribution is -2.40. The summed E-state index contributed by atoms with van der Waals surface area (Å²) in [4.78, 5) is 12.4. The molecule has 0 radical (unpaired) electrons. The number of rotatable bonds is 8. The van der Waals surface area contributed by atoms with Gasteiger partial charge >= 0.3 is 6.03 Å². The molecule has 0 aliphatic carbocycles. The number of methoxy groups -OCH3 is 1. The minimum atomic E-state index is -0.249. The van der Waals surface area contributed by atoms with Crippen molar-refractivity contribution in [2.45, 2.75) is 6.04 Å². The van der Waals surface area contributed by atoms with E-state index in [9.17, 15) is 4.79 Å². The summed E-state index contributed by atoms with van der Waals surface area (Å²) in [6.07, 6.45) is 0. The van der Waals surface area contributed by atoms with Crippen LogP contribution in [0.1, 0.15) is 17.2 Å². The maximum Gasteiger partial charge on any atom is 0.315 e. The third kappa shape index (κ3) is 5.27. The van der Waals surface area contributed by atoms with E-state index in [0.29, 0.717) is 24.7 Å². The van der Waals surface area contributed by atoms with Crippen LogP contribution in [0.5, 0.6) is 11.5 Å². The highest BCUT2D eigenvalue weighted by Crippen LogP contribution is 2.25. The molecule has 2 amide bonds. The van der Waals surface area contributed by atoms with E-state index in [0.717, 1.165) is 11.1 Å². The van der Waals surface area contributed by atoms with Gasteiger partial charge in [-0.15, -0.1) is 0 Å². The molecule has 0 aliphatic rings. The minimum absolute atomic E-state index is 0.225. The molecular formula is C23H24N2O3. The first kappa shape index (κ1) is 19.3. The molecule has 0 aromatic heterocycles. The van der Waals surface area contributed by atoms with Crippen molar-refractivity contribution in [1.82, 2.24) is 10.6 Å². The zero-order valence-electron chi connectivity index (χ0n) is 15.8. The van der Waals surface area contributed by atoms with Crippen molar-refractivity contribution in [3.05, 3.63) is 96.1 Å². The van der Waals surface area contributed by atoms with E-state index in [1.54, 1.807) is 7.11 Å². The molecule has 5 nitrogen and oxygen atoms in total. The van der Waals surface area contributed by atoms with Crippen LogP contribution in [0, 0.1) is 0 Å². The minimum Gasteiger partial charge on any atom is -0.493 e. The van der Waals surface area contributed by atoms with E-state index in [2.05, 4.69) is 10.6 Å². The standard InChI is InChI=1S/C23H24N2O3/c1-27-20-14-8-9-15-21(20)28-17-16-24-23(26)25-22(18-10-4-2-5-11-18)19-12-6-3-7-13-19/h2-15,22H,16-17H2,1H3,(H2,24,25,26). The van der Waals surface area contributed by atoms with E-state index in [-0.39, 0.29) is 12.1 Å². The highest BCUT2D eigenvalue weighted by Gasteiger charge is 2.16. The van der Waals surface area contributed by atoms with Crippen molar-refractivity contribution in [3.8, 4) is 11.5 Å². The Morgan fingerprint density at radius 2 is 1.36 bits per heavy atom. The molecule has 28 heavy (non-hydrogen) atoms. The lowest BCUT2D eigenvalue weighted by molar-refractivity contribution is 0.233. The number of amides is 2. The molecular weight excluding hydrogens is 352 g/mol. The molecule has 0 saturated carbocycles. The van der Waals surface area contributed by atoms with Gasteiger partial charge in [0.25, 0.3) is 0 Å². The number of hydrogen-bond donors (Lipinski definition) is 2. The van der Waals surface area contributed by atoms with Crippen LogP contribution in [0.3, 0.4) is 0 Å². The van der Waals surface area contributed by atoms with Crippen LogP contribution in [0.2, 0.25) is 0 Å². The molecule has 3 aromatic carbocycles. The Kier molecular flexibility index (Phi) is 6.90. The summed E-state index contributed by atoms with van der Waals surface area (Å²) in [6.45, 7) is 0.718. The van der Waals surface area contributed by atoms with Crippen LogP contribution in [0.25, 0.3) is 0 Å². The molecule has 0 atom stereocenters. The van der Waals surface area contributed by atoms with Crippen molar-refractivity contribution >= 4 is 6.03 Å². The zero-order valence-corrected chi connectivity index (χ0v) is 15.8. The predicted octanol–water partition coefficient (Wildman–Crippen LogP) is 4.16. The Bertz CT molecular complexity index is 830. The summed E-state index contributed by atoms with van der Waals surface area (Å²) in [5, 5.41) is 5.89. The molecule has 0 fully saturated rings. The van der Waals surface area contributed by atoms with Gasteiger partial charge in [0.1, 0.15) is 6.61 Å². The normalized spacial score (nSPS) is 10.4. The molecule has 5 heteroatoms. The number of hydrogen-bond acceptors (Lipinski definition) is 3. The summed E-state index contributed by atoms with van der Waals surface area (Å²) in [6, 6.07) is 26.7. The number of ether oxygens (including phenoxy) is 2. The molecule has 0 saturated heterocycles. The summed E-state index contributed by atoms with van der Waals surface area (Å²) >= 11 is 0. The Morgan fingerprint density at radius 1 is 0.821 bits per heavy atom. The molecule has 0 heterocycles. The monoisotopic (exact) mass is 376 g/mol. The van der Waals surface area contributed by atoms with Gasteiger partial charge in [-0.25, -0.2) is 4.79 Å². The fourth-order valence-electron chi connectivity index (χ4n) is 2.90. The van der Waals surface area contributed by atoms with E-state index < -0.39 is 0 Å². The molecule has 3 aromatic rings. The van der Waals surface area contributed by atoms with Gasteiger partial charge in [0.05, 0.1) is 19.7 Å². The van der Waals surface area contributed by atoms with Crippen LogP contribution in [0.15, 0.2) is 84.9 Å². The fourth-order valence-corrected chi connectivity index (χ4v) is 2.90. The first-order chi connectivity index (χ1) is 13.8. The van der Waals surface area contributed by atoms with Gasteiger partial charge in [0, 0.05) is 0 Å². The molecule has 0 bridgehead atoms. The predicted molar refractivity (Wildman–Crippen MR) is 110 cm³/mol. The number of nitrogens with one attached hydrogen (secondary N) is 2.